The van der Waals surface area contributed by atoms with E-state index in [-0.39, 0.29) is 17.4 Å². The van der Waals surface area contributed by atoms with E-state index in [1.54, 1.807) is 21.5 Å². The molecule has 0 saturated carbocycles. The minimum atomic E-state index is -0.379. The molecule has 1 atom stereocenters. The van der Waals surface area contributed by atoms with Crippen LogP contribution in [0.1, 0.15) is 18.2 Å². The van der Waals surface area contributed by atoms with E-state index in [1.807, 2.05) is 19.2 Å². The van der Waals surface area contributed by atoms with Crippen LogP contribution in [0.4, 0.5) is 4.39 Å². The van der Waals surface area contributed by atoms with Crippen molar-refractivity contribution >= 4 is 27.2 Å². The van der Waals surface area contributed by atoms with Crippen LogP contribution in [-0.2, 0) is 0 Å². The van der Waals surface area contributed by atoms with Crippen LogP contribution in [0.2, 0.25) is 0 Å². The predicted molar refractivity (Wildman–Crippen MR) is 99.3 cm³/mol. The molecule has 26 heavy (non-hydrogen) atoms. The average molecular weight is 369 g/mol. The second-order valence-corrected chi connectivity index (χ2v) is 7.67. The molecule has 1 aliphatic heterocycles. The van der Waals surface area contributed by atoms with E-state index < -0.39 is 0 Å². The third-order valence-electron chi connectivity index (χ3n) is 4.80. The number of halogens is 1. The van der Waals surface area contributed by atoms with Gasteiger partial charge in [0, 0.05) is 29.4 Å². The van der Waals surface area contributed by atoms with Crippen LogP contribution in [0.3, 0.4) is 0 Å². The molecule has 0 aromatic carbocycles. The van der Waals surface area contributed by atoms with Crippen molar-refractivity contribution in [2.45, 2.75) is 19.4 Å². The van der Waals surface area contributed by atoms with Crippen molar-refractivity contribution in [3.63, 3.8) is 0 Å². The fourth-order valence-corrected chi connectivity index (χ4v) is 4.55. The molecule has 0 amide bonds. The van der Waals surface area contributed by atoms with E-state index in [1.165, 1.54) is 17.4 Å². The van der Waals surface area contributed by atoms with E-state index >= 15 is 0 Å². The number of imidazole rings is 1. The molecule has 1 saturated heterocycles. The Morgan fingerprint density at radius 1 is 1.35 bits per heavy atom. The molecule has 1 fully saturated rings. The van der Waals surface area contributed by atoms with Crippen molar-refractivity contribution in [3.05, 3.63) is 52.7 Å². The van der Waals surface area contributed by atoms with Crippen LogP contribution in [0.25, 0.3) is 26.3 Å². The molecule has 0 aliphatic carbocycles. The van der Waals surface area contributed by atoms with Gasteiger partial charge in [0.2, 0.25) is 0 Å². The number of nitrogens with zero attached hydrogens (tertiary/aromatic N) is 4. The largest absolute Gasteiger partial charge is 0.315 e. The maximum Gasteiger partial charge on any atom is 0.271 e. The summed E-state index contributed by atoms with van der Waals surface area (Å²) in [6.07, 6.45) is 6.17. The Labute approximate surface area is 151 Å². The van der Waals surface area contributed by atoms with Gasteiger partial charge in [0.25, 0.3) is 5.56 Å². The molecule has 0 spiro atoms. The fraction of sp³-hybridized carbons (Fsp3) is 0.278. The summed E-state index contributed by atoms with van der Waals surface area (Å²) in [6, 6.07) is 3.46. The minimum Gasteiger partial charge on any atom is -0.315 e. The SMILES string of the molecule is Cc1cn2cc(-c3cc4ncn(C5CCNC5)c(=O)c4s3)cc(F)c2n1. The van der Waals surface area contributed by atoms with Gasteiger partial charge in [-0.1, -0.05) is 0 Å². The van der Waals surface area contributed by atoms with Crippen LogP contribution in [0.15, 0.2) is 35.6 Å². The van der Waals surface area contributed by atoms with Crippen molar-refractivity contribution < 1.29 is 4.39 Å². The van der Waals surface area contributed by atoms with Gasteiger partial charge < -0.3 is 9.72 Å². The lowest BCUT2D eigenvalue weighted by molar-refractivity contribution is 0.526. The van der Waals surface area contributed by atoms with Gasteiger partial charge in [-0.3, -0.25) is 9.36 Å². The topological polar surface area (TPSA) is 64.2 Å². The van der Waals surface area contributed by atoms with Crippen LogP contribution >= 0.6 is 11.3 Å². The molecule has 4 aromatic rings. The van der Waals surface area contributed by atoms with Crippen LogP contribution in [0, 0.1) is 12.7 Å². The van der Waals surface area contributed by atoms with Gasteiger partial charge in [0.15, 0.2) is 11.5 Å². The normalized spacial score (nSPS) is 17.5. The molecule has 4 aromatic heterocycles. The quantitative estimate of drug-likeness (QED) is 0.590. The molecule has 132 valence electrons. The summed E-state index contributed by atoms with van der Waals surface area (Å²) < 4.78 is 18.4. The van der Waals surface area contributed by atoms with Crippen molar-refractivity contribution in [3.8, 4) is 10.4 Å². The Balaban J connectivity index is 1.66. The monoisotopic (exact) mass is 369 g/mol. The molecule has 0 radical (unpaired) electrons. The number of thiophene rings is 1. The van der Waals surface area contributed by atoms with Crippen LogP contribution < -0.4 is 10.9 Å². The van der Waals surface area contributed by atoms with Gasteiger partial charge in [-0.15, -0.1) is 11.3 Å². The number of hydrogen-bond acceptors (Lipinski definition) is 5. The number of aryl methyl sites for hydroxylation is 1. The number of nitrogens with one attached hydrogen (secondary N) is 1. The van der Waals surface area contributed by atoms with Crippen LogP contribution in [-0.4, -0.2) is 32.0 Å². The zero-order valence-electron chi connectivity index (χ0n) is 14.1. The van der Waals surface area contributed by atoms with E-state index in [4.69, 9.17) is 0 Å². The number of aromatic nitrogens is 4. The van der Waals surface area contributed by atoms with Gasteiger partial charge in [-0.25, -0.2) is 14.4 Å². The molecule has 0 bridgehead atoms. The third kappa shape index (κ3) is 2.37. The summed E-state index contributed by atoms with van der Waals surface area (Å²) in [5.41, 5.74) is 2.40. The van der Waals surface area contributed by atoms with Gasteiger partial charge in [-0.2, -0.15) is 0 Å². The van der Waals surface area contributed by atoms with Gasteiger partial charge in [0.1, 0.15) is 4.70 Å². The van der Waals surface area contributed by atoms with E-state index in [0.29, 0.717) is 21.4 Å². The summed E-state index contributed by atoms with van der Waals surface area (Å²) in [4.78, 5) is 22.3. The Morgan fingerprint density at radius 2 is 2.23 bits per heavy atom. The van der Waals surface area contributed by atoms with Crippen molar-refractivity contribution in [2.75, 3.05) is 13.1 Å². The maximum atomic E-state index is 14.4. The van der Waals surface area contributed by atoms with E-state index in [9.17, 15) is 9.18 Å². The zero-order chi connectivity index (χ0) is 17.8. The average Bonchev–Trinajstić information content (AvgIpc) is 3.33. The molecule has 1 aliphatic rings. The smallest absolute Gasteiger partial charge is 0.271 e. The first-order chi connectivity index (χ1) is 12.6. The first-order valence-corrected chi connectivity index (χ1v) is 9.28. The highest BCUT2D eigenvalue weighted by molar-refractivity contribution is 7.22. The summed E-state index contributed by atoms with van der Waals surface area (Å²) in [5.74, 6) is -0.379. The Bertz CT molecular complexity index is 1200. The molecule has 5 heterocycles. The summed E-state index contributed by atoms with van der Waals surface area (Å²) in [7, 11) is 0. The van der Waals surface area contributed by atoms with Crippen molar-refractivity contribution in [1.29, 1.82) is 0 Å². The predicted octanol–water partition coefficient (Wildman–Crippen LogP) is 2.75. The lowest BCUT2D eigenvalue weighted by Gasteiger charge is -2.11. The number of hydrogen-bond donors (Lipinski definition) is 1. The fourth-order valence-electron chi connectivity index (χ4n) is 3.52. The highest BCUT2D eigenvalue weighted by atomic mass is 32.1. The molecule has 6 nitrogen and oxygen atoms in total. The molecule has 1 N–H and O–H groups in total. The van der Waals surface area contributed by atoms with Crippen molar-refractivity contribution in [1.82, 2.24) is 24.3 Å². The summed E-state index contributed by atoms with van der Waals surface area (Å²) in [6.45, 7) is 3.53. The summed E-state index contributed by atoms with van der Waals surface area (Å²) >= 11 is 1.36. The van der Waals surface area contributed by atoms with Gasteiger partial charge in [0.05, 0.1) is 23.6 Å². The molecular formula is C18H16FN5OS. The Hall–Kier alpha value is -2.58. The maximum absolute atomic E-state index is 14.4. The van der Waals surface area contributed by atoms with Crippen molar-refractivity contribution in [2.24, 2.45) is 0 Å². The number of rotatable bonds is 2. The highest BCUT2D eigenvalue weighted by Gasteiger charge is 2.20. The van der Waals surface area contributed by atoms with E-state index in [2.05, 4.69) is 15.3 Å². The number of fused-ring (bicyclic) bond motifs is 2. The number of pyridine rings is 1. The lowest BCUT2D eigenvalue weighted by atomic mass is 10.2. The second kappa shape index (κ2) is 5.72. The second-order valence-electron chi connectivity index (χ2n) is 6.62. The first kappa shape index (κ1) is 15.7. The highest BCUT2D eigenvalue weighted by Crippen LogP contribution is 2.32. The minimum absolute atomic E-state index is 0.0278. The van der Waals surface area contributed by atoms with Gasteiger partial charge >= 0.3 is 0 Å². The standard InChI is InChI=1S/C18H16FN5OS/c1-10-7-23-8-11(4-13(19)17(23)22-10)15-5-14-16(26-15)18(25)24(9-21-14)12-2-3-20-6-12/h4-5,7-9,12,20H,2-3,6H2,1H3. The van der Waals surface area contributed by atoms with Gasteiger partial charge in [-0.05, 0) is 32.0 Å². The van der Waals surface area contributed by atoms with Crippen LogP contribution in [0.5, 0.6) is 0 Å². The Morgan fingerprint density at radius 3 is 3.04 bits per heavy atom. The lowest BCUT2D eigenvalue weighted by Crippen LogP contribution is -2.25. The first-order valence-electron chi connectivity index (χ1n) is 8.47. The molecule has 8 heteroatoms. The van der Waals surface area contributed by atoms with E-state index in [0.717, 1.165) is 30.1 Å². The molecular weight excluding hydrogens is 353 g/mol. The summed E-state index contributed by atoms with van der Waals surface area (Å²) in [5, 5.41) is 3.27. The molecule has 1 unspecified atom stereocenters. The Kier molecular flexibility index (Phi) is 3.44. The third-order valence-corrected chi connectivity index (χ3v) is 5.96. The molecule has 5 rings (SSSR count). The zero-order valence-corrected chi connectivity index (χ0v) is 14.9.